The zero-order chi connectivity index (χ0) is 19.2. The van der Waals surface area contributed by atoms with Gasteiger partial charge in [-0.2, -0.15) is 0 Å². The van der Waals surface area contributed by atoms with Crippen molar-refractivity contribution in [1.82, 2.24) is 14.5 Å². The highest BCUT2D eigenvalue weighted by molar-refractivity contribution is 7.12. The molecule has 140 valence electrons. The van der Waals surface area contributed by atoms with Crippen molar-refractivity contribution in [3.63, 3.8) is 0 Å². The minimum atomic E-state index is -2.70. The number of hydrogen-bond acceptors (Lipinski definition) is 4. The van der Waals surface area contributed by atoms with Crippen LogP contribution < -0.4 is 0 Å². The van der Waals surface area contributed by atoms with Gasteiger partial charge < -0.3 is 10.0 Å². The predicted molar refractivity (Wildman–Crippen MR) is 96.0 cm³/mol. The topological polar surface area (TPSA) is 75.4 Å². The molecule has 3 aromatic rings. The Morgan fingerprint density at radius 2 is 1.93 bits per heavy atom. The van der Waals surface area contributed by atoms with E-state index in [1.165, 1.54) is 22.4 Å². The third kappa shape index (κ3) is 3.30. The largest absolute Gasteiger partial charge is 0.478 e. The van der Waals surface area contributed by atoms with Crippen molar-refractivity contribution in [1.29, 1.82) is 0 Å². The predicted octanol–water partition coefficient (Wildman–Crippen LogP) is 3.66. The first kappa shape index (κ1) is 17.6. The molecule has 0 unspecified atom stereocenters. The van der Waals surface area contributed by atoms with E-state index in [0.29, 0.717) is 21.6 Å². The van der Waals surface area contributed by atoms with Crippen molar-refractivity contribution in [3.05, 3.63) is 47.1 Å². The molecule has 0 bridgehead atoms. The van der Waals surface area contributed by atoms with E-state index in [4.69, 9.17) is 5.11 Å². The van der Waals surface area contributed by atoms with Crippen LogP contribution in [0.2, 0.25) is 0 Å². The minimum absolute atomic E-state index is 0.0258. The molecule has 1 amide bonds. The standard InChI is InChI=1S/C18H15F2N3O3S/c19-18(20)2-5-22(6-3-18)16(24)12-7-11-1-4-23(15(11)21-9-12)14-8-13(10-27-14)17(25)26/h1,4,7-10H,2-3,5-6H2,(H,25,26). The number of likely N-dealkylation sites (tertiary alicyclic amines) is 1. The summed E-state index contributed by atoms with van der Waals surface area (Å²) in [6.07, 6.45) is 2.54. The Labute approximate surface area is 156 Å². The number of fused-ring (bicyclic) bond motifs is 1. The second kappa shape index (κ2) is 6.41. The lowest BCUT2D eigenvalue weighted by Gasteiger charge is -2.31. The van der Waals surface area contributed by atoms with E-state index >= 15 is 0 Å². The van der Waals surface area contributed by atoms with E-state index in [2.05, 4.69) is 4.98 Å². The van der Waals surface area contributed by atoms with Gasteiger partial charge >= 0.3 is 5.97 Å². The first-order valence-corrected chi connectivity index (χ1v) is 9.18. The summed E-state index contributed by atoms with van der Waals surface area (Å²) in [7, 11) is 0. The molecular weight excluding hydrogens is 376 g/mol. The number of amides is 1. The summed E-state index contributed by atoms with van der Waals surface area (Å²) < 4.78 is 28.3. The van der Waals surface area contributed by atoms with Crippen molar-refractivity contribution >= 4 is 34.2 Å². The van der Waals surface area contributed by atoms with Crippen LogP contribution in [0.25, 0.3) is 16.0 Å². The number of carboxylic acid groups (broad SMARTS) is 1. The van der Waals surface area contributed by atoms with Crippen molar-refractivity contribution in [2.24, 2.45) is 0 Å². The number of carbonyl (C=O) groups excluding carboxylic acids is 1. The second-order valence-corrected chi connectivity index (χ2v) is 7.34. The van der Waals surface area contributed by atoms with Crippen LogP contribution in [0, 0.1) is 0 Å². The number of thiophene rings is 1. The Morgan fingerprint density at radius 3 is 2.59 bits per heavy atom. The summed E-state index contributed by atoms with van der Waals surface area (Å²) in [4.78, 5) is 29.4. The molecule has 0 aliphatic carbocycles. The average molecular weight is 391 g/mol. The van der Waals surface area contributed by atoms with Gasteiger partial charge in [0.15, 0.2) is 0 Å². The van der Waals surface area contributed by atoms with Gasteiger partial charge in [0.05, 0.1) is 11.1 Å². The molecule has 1 fully saturated rings. The molecule has 0 atom stereocenters. The molecule has 0 saturated carbocycles. The van der Waals surface area contributed by atoms with Crippen molar-refractivity contribution < 1.29 is 23.5 Å². The van der Waals surface area contributed by atoms with Crippen molar-refractivity contribution in [2.45, 2.75) is 18.8 Å². The van der Waals surface area contributed by atoms with Gasteiger partial charge in [0.1, 0.15) is 10.6 Å². The Hall–Kier alpha value is -2.81. The molecule has 6 nitrogen and oxygen atoms in total. The van der Waals surface area contributed by atoms with Gasteiger partial charge in [-0.3, -0.25) is 9.36 Å². The maximum absolute atomic E-state index is 13.3. The second-order valence-electron chi connectivity index (χ2n) is 6.45. The average Bonchev–Trinajstić information content (AvgIpc) is 3.27. The van der Waals surface area contributed by atoms with E-state index in [1.807, 2.05) is 0 Å². The zero-order valence-electron chi connectivity index (χ0n) is 14.1. The first-order valence-electron chi connectivity index (χ1n) is 8.30. The number of nitrogens with zero attached hydrogens (tertiary/aromatic N) is 3. The molecule has 3 aromatic heterocycles. The number of piperidine rings is 1. The molecule has 1 saturated heterocycles. The van der Waals surface area contributed by atoms with Gasteiger partial charge in [-0.1, -0.05) is 0 Å². The molecule has 1 aliphatic heterocycles. The lowest BCUT2D eigenvalue weighted by molar-refractivity contribution is -0.0494. The van der Waals surface area contributed by atoms with Crippen LogP contribution in [0.3, 0.4) is 0 Å². The van der Waals surface area contributed by atoms with E-state index in [-0.39, 0.29) is 37.4 Å². The molecule has 0 radical (unpaired) electrons. The highest BCUT2D eigenvalue weighted by Crippen LogP contribution is 2.29. The van der Waals surface area contributed by atoms with Gasteiger partial charge in [-0.05, 0) is 18.2 Å². The quantitative estimate of drug-likeness (QED) is 0.739. The molecular formula is C18H15F2N3O3S. The van der Waals surface area contributed by atoms with Crippen molar-refractivity contribution in [3.8, 4) is 5.00 Å². The summed E-state index contributed by atoms with van der Waals surface area (Å²) in [5, 5.41) is 12.0. The number of alkyl halides is 2. The van der Waals surface area contributed by atoms with Gasteiger partial charge in [0, 0.05) is 49.1 Å². The monoisotopic (exact) mass is 391 g/mol. The van der Waals surface area contributed by atoms with Crippen LogP contribution in [-0.4, -0.2) is 50.4 Å². The lowest BCUT2D eigenvalue weighted by Crippen LogP contribution is -2.42. The first-order chi connectivity index (χ1) is 12.8. The van der Waals surface area contributed by atoms with E-state index < -0.39 is 11.9 Å². The number of rotatable bonds is 3. The minimum Gasteiger partial charge on any atom is -0.478 e. The highest BCUT2D eigenvalue weighted by atomic mass is 32.1. The molecule has 27 heavy (non-hydrogen) atoms. The molecule has 0 spiro atoms. The fourth-order valence-electron chi connectivity index (χ4n) is 3.10. The molecule has 4 rings (SSSR count). The zero-order valence-corrected chi connectivity index (χ0v) is 14.9. The van der Waals surface area contributed by atoms with Gasteiger partial charge in [-0.15, -0.1) is 11.3 Å². The van der Waals surface area contributed by atoms with Gasteiger partial charge in [0.2, 0.25) is 0 Å². The summed E-state index contributed by atoms with van der Waals surface area (Å²) in [5.74, 6) is -4.01. The van der Waals surface area contributed by atoms with E-state index in [0.717, 1.165) is 0 Å². The van der Waals surface area contributed by atoms with Crippen LogP contribution in [0.5, 0.6) is 0 Å². The third-order valence-electron chi connectivity index (χ3n) is 4.63. The number of pyridine rings is 1. The molecule has 1 aliphatic rings. The lowest BCUT2D eigenvalue weighted by atomic mass is 10.1. The van der Waals surface area contributed by atoms with Crippen molar-refractivity contribution in [2.75, 3.05) is 13.1 Å². The molecule has 0 aromatic carbocycles. The SMILES string of the molecule is O=C(O)c1csc(-n2ccc3cc(C(=O)N4CCC(F)(F)CC4)cnc32)c1. The smallest absolute Gasteiger partial charge is 0.336 e. The molecule has 4 heterocycles. The third-order valence-corrected chi connectivity index (χ3v) is 5.55. The Balaban J connectivity index is 1.60. The number of carboxylic acids is 1. The Bertz CT molecular complexity index is 1030. The maximum atomic E-state index is 13.3. The van der Waals surface area contributed by atoms with Gasteiger partial charge in [-0.25, -0.2) is 18.6 Å². The summed E-state index contributed by atoms with van der Waals surface area (Å²) in [6.45, 7) is 0.0517. The van der Waals surface area contributed by atoms with Crippen LogP contribution in [0.1, 0.15) is 33.6 Å². The van der Waals surface area contributed by atoms with Crippen LogP contribution >= 0.6 is 11.3 Å². The fraction of sp³-hybridized carbons (Fsp3) is 0.278. The number of hydrogen-bond donors (Lipinski definition) is 1. The Kier molecular flexibility index (Phi) is 4.18. The van der Waals surface area contributed by atoms with Crippen LogP contribution in [0.15, 0.2) is 36.0 Å². The molecule has 9 heteroatoms. The summed E-state index contributed by atoms with van der Waals surface area (Å²) in [5.41, 5.74) is 1.14. The number of halogens is 2. The van der Waals surface area contributed by atoms with E-state index in [9.17, 15) is 18.4 Å². The summed E-state index contributed by atoms with van der Waals surface area (Å²) >= 11 is 1.28. The fourth-order valence-corrected chi connectivity index (χ4v) is 3.97. The summed E-state index contributed by atoms with van der Waals surface area (Å²) in [6, 6.07) is 5.02. The Morgan fingerprint density at radius 1 is 1.19 bits per heavy atom. The highest BCUT2D eigenvalue weighted by Gasteiger charge is 2.35. The number of carbonyl (C=O) groups is 2. The maximum Gasteiger partial charge on any atom is 0.336 e. The molecule has 1 N–H and O–H groups in total. The van der Waals surface area contributed by atoms with Gasteiger partial charge in [0.25, 0.3) is 11.8 Å². The van der Waals surface area contributed by atoms with E-state index in [1.54, 1.807) is 34.3 Å². The van der Waals surface area contributed by atoms with Crippen LogP contribution in [0.4, 0.5) is 8.78 Å². The number of aromatic carboxylic acids is 1. The normalized spacial score (nSPS) is 16.6. The van der Waals surface area contributed by atoms with Crippen LogP contribution in [-0.2, 0) is 0 Å². The number of aromatic nitrogens is 2.